The van der Waals surface area contributed by atoms with Gasteiger partial charge in [0.2, 0.25) is 0 Å². The summed E-state index contributed by atoms with van der Waals surface area (Å²) in [7, 11) is 0. The number of nitrogens with zero attached hydrogens (tertiary/aromatic N) is 1. The molecule has 0 saturated carbocycles. The molecule has 0 spiro atoms. The van der Waals surface area contributed by atoms with E-state index in [-0.39, 0.29) is 17.7 Å². The van der Waals surface area contributed by atoms with E-state index in [9.17, 15) is 9.18 Å². The van der Waals surface area contributed by atoms with E-state index in [1.165, 1.54) is 17.4 Å². The van der Waals surface area contributed by atoms with Gasteiger partial charge in [-0.15, -0.1) is 11.3 Å². The van der Waals surface area contributed by atoms with Gasteiger partial charge in [0.15, 0.2) is 0 Å². The summed E-state index contributed by atoms with van der Waals surface area (Å²) in [4.78, 5) is 17.5. The minimum atomic E-state index is -0.293. The highest BCUT2D eigenvalue weighted by Gasteiger charge is 2.33. The fourth-order valence-corrected chi connectivity index (χ4v) is 3.77. The van der Waals surface area contributed by atoms with Crippen molar-refractivity contribution >= 4 is 17.3 Å². The summed E-state index contributed by atoms with van der Waals surface area (Å²) in [6, 6.07) is 5.12. The fourth-order valence-electron chi connectivity index (χ4n) is 2.61. The second-order valence-corrected chi connectivity index (χ2v) is 6.24. The first kappa shape index (κ1) is 14.2. The molecular formula is C16H16FNO2S. The van der Waals surface area contributed by atoms with Gasteiger partial charge < -0.3 is 4.74 Å². The normalized spacial score (nSPS) is 16.8. The predicted octanol–water partition coefficient (Wildman–Crippen LogP) is 3.85. The van der Waals surface area contributed by atoms with Crippen molar-refractivity contribution in [1.82, 2.24) is 4.98 Å². The zero-order valence-corrected chi connectivity index (χ0v) is 12.8. The lowest BCUT2D eigenvalue weighted by Crippen LogP contribution is -2.14. The van der Waals surface area contributed by atoms with Gasteiger partial charge in [-0.25, -0.2) is 9.37 Å². The van der Waals surface area contributed by atoms with Crippen LogP contribution in [0.3, 0.4) is 0 Å². The molecule has 0 N–H and O–H groups in total. The van der Waals surface area contributed by atoms with E-state index in [0.29, 0.717) is 17.2 Å². The number of esters is 1. The molecule has 0 aliphatic heterocycles. The monoisotopic (exact) mass is 305 g/mol. The zero-order chi connectivity index (χ0) is 15.0. The molecule has 1 aromatic heterocycles. The summed E-state index contributed by atoms with van der Waals surface area (Å²) in [5.41, 5.74) is 2.15. The maximum atomic E-state index is 14.1. The molecule has 0 bridgehead atoms. The third-order valence-corrected chi connectivity index (χ3v) is 4.81. The number of halogens is 1. The number of thiazole rings is 1. The summed E-state index contributed by atoms with van der Waals surface area (Å²) in [5, 5.41) is 0.645. The molecule has 5 heteroatoms. The Morgan fingerprint density at radius 3 is 3.05 bits per heavy atom. The molecule has 1 unspecified atom stereocenters. The van der Waals surface area contributed by atoms with Crippen molar-refractivity contribution in [3.8, 4) is 10.6 Å². The minimum Gasteiger partial charge on any atom is -0.465 e. The van der Waals surface area contributed by atoms with Crippen molar-refractivity contribution in [2.24, 2.45) is 0 Å². The zero-order valence-electron chi connectivity index (χ0n) is 12.0. The lowest BCUT2D eigenvalue weighted by molar-refractivity contribution is -0.145. The summed E-state index contributed by atoms with van der Waals surface area (Å²) in [5.74, 6) is -0.786. The number of ether oxygens (including phenoxy) is 1. The summed E-state index contributed by atoms with van der Waals surface area (Å²) in [6.07, 6.45) is 1.55. The van der Waals surface area contributed by atoms with E-state index < -0.39 is 0 Å². The number of benzene rings is 1. The third kappa shape index (κ3) is 2.58. The van der Waals surface area contributed by atoms with Gasteiger partial charge in [-0.3, -0.25) is 4.79 Å². The first-order valence-corrected chi connectivity index (χ1v) is 7.84. The Hall–Kier alpha value is -1.75. The highest BCUT2D eigenvalue weighted by atomic mass is 32.1. The molecule has 1 aliphatic rings. The largest absolute Gasteiger partial charge is 0.465 e. The van der Waals surface area contributed by atoms with Gasteiger partial charge in [0.1, 0.15) is 16.7 Å². The molecule has 1 aromatic carbocycles. The topological polar surface area (TPSA) is 39.2 Å². The second-order valence-electron chi connectivity index (χ2n) is 5.15. The van der Waals surface area contributed by atoms with Gasteiger partial charge in [-0.1, -0.05) is 6.07 Å². The molecule has 21 heavy (non-hydrogen) atoms. The quantitative estimate of drug-likeness (QED) is 0.809. The molecule has 3 rings (SSSR count). The Morgan fingerprint density at radius 1 is 1.52 bits per heavy atom. The van der Waals surface area contributed by atoms with Crippen LogP contribution in [0, 0.1) is 12.7 Å². The van der Waals surface area contributed by atoms with Crippen molar-refractivity contribution in [3.63, 3.8) is 0 Å². The minimum absolute atomic E-state index is 0.225. The van der Waals surface area contributed by atoms with Crippen LogP contribution < -0.4 is 0 Å². The molecular weight excluding hydrogens is 289 g/mol. The SMILES string of the molecule is CCOC(=O)C1CCc2sc(-c3ccc(C)cc3F)nc21. The Morgan fingerprint density at radius 2 is 2.33 bits per heavy atom. The maximum absolute atomic E-state index is 14.1. The van der Waals surface area contributed by atoms with Gasteiger partial charge in [0, 0.05) is 10.4 Å². The van der Waals surface area contributed by atoms with Crippen LogP contribution in [0.25, 0.3) is 10.6 Å². The van der Waals surface area contributed by atoms with E-state index in [4.69, 9.17) is 4.74 Å². The van der Waals surface area contributed by atoms with Crippen LogP contribution in [0.2, 0.25) is 0 Å². The number of rotatable bonds is 3. The number of aryl methyl sites for hydroxylation is 2. The molecule has 0 amide bonds. The van der Waals surface area contributed by atoms with Crippen molar-refractivity contribution in [3.05, 3.63) is 40.2 Å². The van der Waals surface area contributed by atoms with Crippen LogP contribution in [0.5, 0.6) is 0 Å². The number of hydrogen-bond acceptors (Lipinski definition) is 4. The van der Waals surface area contributed by atoms with E-state index in [1.54, 1.807) is 13.0 Å². The number of aromatic nitrogens is 1. The first-order chi connectivity index (χ1) is 10.1. The maximum Gasteiger partial charge on any atom is 0.315 e. The van der Waals surface area contributed by atoms with Crippen molar-refractivity contribution in [1.29, 1.82) is 0 Å². The highest BCUT2D eigenvalue weighted by Crippen LogP contribution is 2.40. The molecule has 1 heterocycles. The molecule has 1 atom stereocenters. The lowest BCUT2D eigenvalue weighted by atomic mass is 10.1. The number of carbonyl (C=O) groups excluding carboxylic acids is 1. The molecule has 1 aliphatic carbocycles. The van der Waals surface area contributed by atoms with E-state index in [2.05, 4.69) is 4.98 Å². The number of hydrogen-bond donors (Lipinski definition) is 0. The van der Waals surface area contributed by atoms with E-state index in [1.807, 2.05) is 13.0 Å². The smallest absolute Gasteiger partial charge is 0.315 e. The first-order valence-electron chi connectivity index (χ1n) is 7.03. The van der Waals surface area contributed by atoms with Crippen molar-refractivity contribution < 1.29 is 13.9 Å². The molecule has 0 fully saturated rings. The molecule has 2 aromatic rings. The van der Waals surface area contributed by atoms with E-state index in [0.717, 1.165) is 29.0 Å². The van der Waals surface area contributed by atoms with Crippen LogP contribution in [-0.4, -0.2) is 17.6 Å². The Bertz CT molecular complexity index is 696. The Balaban J connectivity index is 1.95. The van der Waals surface area contributed by atoms with Crippen molar-refractivity contribution in [2.75, 3.05) is 6.61 Å². The molecule has 0 saturated heterocycles. The van der Waals surface area contributed by atoms with Crippen LogP contribution in [0.15, 0.2) is 18.2 Å². The standard InChI is InChI=1S/C16H16FNO2S/c1-3-20-16(19)11-6-7-13-14(11)18-15(21-13)10-5-4-9(2)8-12(10)17/h4-5,8,11H,3,6-7H2,1-2H3. The second kappa shape index (κ2) is 5.56. The van der Waals surface area contributed by atoms with Crippen LogP contribution in [0.4, 0.5) is 4.39 Å². The van der Waals surface area contributed by atoms with E-state index >= 15 is 0 Å². The summed E-state index contributed by atoms with van der Waals surface area (Å²) in [6.45, 7) is 4.02. The fraction of sp³-hybridized carbons (Fsp3) is 0.375. The average molecular weight is 305 g/mol. The van der Waals surface area contributed by atoms with Crippen LogP contribution >= 0.6 is 11.3 Å². The lowest BCUT2D eigenvalue weighted by Gasteiger charge is -2.08. The van der Waals surface area contributed by atoms with Gasteiger partial charge in [-0.05, 0) is 44.4 Å². The Labute approximate surface area is 126 Å². The van der Waals surface area contributed by atoms with Crippen LogP contribution in [0.1, 0.15) is 35.4 Å². The van der Waals surface area contributed by atoms with Gasteiger partial charge in [-0.2, -0.15) is 0 Å². The van der Waals surface area contributed by atoms with Crippen LogP contribution in [-0.2, 0) is 16.0 Å². The average Bonchev–Trinajstić information content (AvgIpc) is 2.98. The number of fused-ring (bicyclic) bond motifs is 1. The summed E-state index contributed by atoms with van der Waals surface area (Å²) >= 11 is 1.48. The van der Waals surface area contributed by atoms with Gasteiger partial charge in [0.25, 0.3) is 0 Å². The highest BCUT2D eigenvalue weighted by molar-refractivity contribution is 7.15. The summed E-state index contributed by atoms with van der Waals surface area (Å²) < 4.78 is 19.1. The molecule has 110 valence electrons. The molecule has 3 nitrogen and oxygen atoms in total. The van der Waals surface area contributed by atoms with Gasteiger partial charge >= 0.3 is 5.97 Å². The van der Waals surface area contributed by atoms with Gasteiger partial charge in [0.05, 0.1) is 12.3 Å². The van der Waals surface area contributed by atoms with Crippen molar-refractivity contribution in [2.45, 2.75) is 32.6 Å². The third-order valence-electron chi connectivity index (χ3n) is 3.64. The number of carbonyl (C=O) groups is 1. The predicted molar refractivity (Wildman–Crippen MR) is 79.9 cm³/mol. The molecule has 0 radical (unpaired) electrons. The Kier molecular flexibility index (Phi) is 3.76.